The van der Waals surface area contributed by atoms with Crippen molar-refractivity contribution >= 4 is 12.4 Å². The molecule has 0 saturated carbocycles. The smallest absolute Gasteiger partial charge is 0.407 e. The van der Waals surface area contributed by atoms with Crippen LogP contribution in [0.5, 0.6) is 0 Å². The highest BCUT2D eigenvalue weighted by Crippen LogP contribution is 2.00. The van der Waals surface area contributed by atoms with Crippen LogP contribution in [0.4, 0.5) is 4.79 Å². The van der Waals surface area contributed by atoms with Crippen LogP contribution in [0.2, 0.25) is 0 Å². The predicted octanol–water partition coefficient (Wildman–Crippen LogP) is 1.89. The molecule has 0 aliphatic rings. The van der Waals surface area contributed by atoms with Gasteiger partial charge in [-0.25, -0.2) is 4.79 Å². The summed E-state index contributed by atoms with van der Waals surface area (Å²) in [5, 5.41) is 2.56. The molecule has 4 heteroatoms. The molecule has 0 bridgehead atoms. The number of amides is 1. The molecule has 1 rings (SSSR count). The Balaban J connectivity index is 2.28. The normalized spacial score (nSPS) is 11.6. The molecule has 0 aromatic heterocycles. The Hall–Kier alpha value is -1.84. The summed E-state index contributed by atoms with van der Waals surface area (Å²) in [6.07, 6.45) is 0.556. The third-order valence-electron chi connectivity index (χ3n) is 2.03. The molecule has 0 fully saturated rings. The number of carbonyl (C=O) groups is 2. The Kier molecular flexibility index (Phi) is 5.05. The predicted molar refractivity (Wildman–Crippen MR) is 59.9 cm³/mol. The summed E-state index contributed by atoms with van der Waals surface area (Å²) in [5.41, 5.74) is 0.931. The Labute approximate surface area is 94.6 Å². The van der Waals surface area contributed by atoms with E-state index in [0.717, 1.165) is 11.8 Å². The lowest BCUT2D eigenvalue weighted by Gasteiger charge is -2.11. The van der Waals surface area contributed by atoms with Crippen LogP contribution in [-0.4, -0.2) is 18.4 Å². The van der Waals surface area contributed by atoms with Crippen molar-refractivity contribution < 1.29 is 14.3 Å². The lowest BCUT2D eigenvalue weighted by Crippen LogP contribution is -2.33. The fourth-order valence-corrected chi connectivity index (χ4v) is 1.17. The van der Waals surface area contributed by atoms with Crippen molar-refractivity contribution in [2.75, 3.05) is 0 Å². The van der Waals surface area contributed by atoms with E-state index in [1.54, 1.807) is 6.92 Å². The maximum atomic E-state index is 11.3. The second kappa shape index (κ2) is 6.61. The van der Waals surface area contributed by atoms with E-state index < -0.39 is 6.09 Å². The molecular weight excluding hydrogens is 206 g/mol. The largest absolute Gasteiger partial charge is 0.445 e. The zero-order valence-corrected chi connectivity index (χ0v) is 9.18. The molecule has 16 heavy (non-hydrogen) atoms. The van der Waals surface area contributed by atoms with E-state index in [2.05, 4.69) is 5.32 Å². The first-order valence-electron chi connectivity index (χ1n) is 5.13. The number of alkyl carbamates (subject to hydrolysis) is 1. The van der Waals surface area contributed by atoms with Gasteiger partial charge in [0.15, 0.2) is 0 Å². The first-order valence-corrected chi connectivity index (χ1v) is 5.13. The number of hydrogen-bond acceptors (Lipinski definition) is 3. The number of aldehydes is 1. The molecule has 0 saturated heterocycles. The highest BCUT2D eigenvalue weighted by atomic mass is 16.5. The van der Waals surface area contributed by atoms with E-state index >= 15 is 0 Å². The number of hydrogen-bond donors (Lipinski definition) is 1. The van der Waals surface area contributed by atoms with Crippen LogP contribution in [0.15, 0.2) is 30.3 Å². The van der Waals surface area contributed by atoms with Crippen LogP contribution in [0.1, 0.15) is 18.9 Å². The van der Waals surface area contributed by atoms with Crippen molar-refractivity contribution in [2.24, 2.45) is 0 Å². The van der Waals surface area contributed by atoms with Gasteiger partial charge in [-0.15, -0.1) is 0 Å². The standard InChI is InChI=1S/C12H15NO3/c1-10(7-8-14)13-12(15)16-9-11-5-3-2-4-6-11/h2-6,8,10H,7,9H2,1H3,(H,13,15)/t10-/m0/s1. The summed E-state index contributed by atoms with van der Waals surface area (Å²) in [5.74, 6) is 0. The summed E-state index contributed by atoms with van der Waals surface area (Å²) in [7, 11) is 0. The molecule has 1 aromatic carbocycles. The number of benzene rings is 1. The molecule has 4 nitrogen and oxygen atoms in total. The molecule has 1 aromatic rings. The minimum absolute atomic E-state index is 0.194. The number of carbonyl (C=O) groups excluding carboxylic acids is 2. The molecule has 0 spiro atoms. The quantitative estimate of drug-likeness (QED) is 0.772. The number of ether oxygens (including phenoxy) is 1. The van der Waals surface area contributed by atoms with Crippen molar-refractivity contribution in [1.29, 1.82) is 0 Å². The third kappa shape index (κ3) is 4.59. The van der Waals surface area contributed by atoms with Gasteiger partial charge in [-0.2, -0.15) is 0 Å². The highest BCUT2D eigenvalue weighted by molar-refractivity contribution is 5.68. The van der Waals surface area contributed by atoms with Gasteiger partial charge in [0.25, 0.3) is 0 Å². The summed E-state index contributed by atoms with van der Waals surface area (Å²) >= 11 is 0. The van der Waals surface area contributed by atoms with Gasteiger partial charge in [0, 0.05) is 12.5 Å². The van der Waals surface area contributed by atoms with Gasteiger partial charge >= 0.3 is 6.09 Å². The Morgan fingerprint density at radius 1 is 1.44 bits per heavy atom. The summed E-state index contributed by atoms with van der Waals surface area (Å²) < 4.78 is 4.98. The molecule has 1 N–H and O–H groups in total. The van der Waals surface area contributed by atoms with Crippen molar-refractivity contribution in [2.45, 2.75) is 26.0 Å². The second-order valence-corrected chi connectivity index (χ2v) is 3.51. The summed E-state index contributed by atoms with van der Waals surface area (Å²) in [6, 6.07) is 9.22. The van der Waals surface area contributed by atoms with E-state index in [1.165, 1.54) is 0 Å². The molecule has 0 unspecified atom stereocenters. The van der Waals surface area contributed by atoms with E-state index in [9.17, 15) is 9.59 Å². The average Bonchev–Trinajstić information content (AvgIpc) is 2.28. The van der Waals surface area contributed by atoms with Crippen LogP contribution in [0.25, 0.3) is 0 Å². The van der Waals surface area contributed by atoms with Crippen molar-refractivity contribution in [3.8, 4) is 0 Å². The van der Waals surface area contributed by atoms with E-state index in [1.807, 2.05) is 30.3 Å². The van der Waals surface area contributed by atoms with Crippen LogP contribution < -0.4 is 5.32 Å². The molecule has 1 amide bonds. The Morgan fingerprint density at radius 3 is 2.75 bits per heavy atom. The van der Waals surface area contributed by atoms with Gasteiger partial charge in [-0.3, -0.25) is 0 Å². The number of rotatable bonds is 5. The molecule has 0 radical (unpaired) electrons. The van der Waals surface area contributed by atoms with Crippen molar-refractivity contribution in [3.05, 3.63) is 35.9 Å². The topological polar surface area (TPSA) is 55.4 Å². The minimum Gasteiger partial charge on any atom is -0.445 e. The van der Waals surface area contributed by atoms with E-state index in [4.69, 9.17) is 4.74 Å². The van der Waals surface area contributed by atoms with Gasteiger partial charge in [0.1, 0.15) is 12.9 Å². The zero-order chi connectivity index (χ0) is 11.8. The van der Waals surface area contributed by atoms with E-state index in [0.29, 0.717) is 6.42 Å². The molecule has 0 aliphatic carbocycles. The lowest BCUT2D eigenvalue weighted by atomic mass is 10.2. The van der Waals surface area contributed by atoms with Crippen molar-refractivity contribution in [1.82, 2.24) is 5.32 Å². The van der Waals surface area contributed by atoms with Gasteiger partial charge in [0.2, 0.25) is 0 Å². The molecular formula is C12H15NO3. The first kappa shape index (κ1) is 12.2. The van der Waals surface area contributed by atoms with Gasteiger partial charge in [-0.1, -0.05) is 30.3 Å². The van der Waals surface area contributed by atoms with Gasteiger partial charge < -0.3 is 14.8 Å². The van der Waals surface area contributed by atoms with Gasteiger partial charge in [0.05, 0.1) is 0 Å². The Morgan fingerprint density at radius 2 is 2.12 bits per heavy atom. The van der Waals surface area contributed by atoms with E-state index in [-0.39, 0.29) is 12.6 Å². The number of nitrogens with one attached hydrogen (secondary N) is 1. The van der Waals surface area contributed by atoms with Crippen LogP contribution in [0.3, 0.4) is 0 Å². The first-order chi connectivity index (χ1) is 7.72. The summed E-state index contributed by atoms with van der Waals surface area (Å²) in [6.45, 7) is 1.98. The fourth-order valence-electron chi connectivity index (χ4n) is 1.17. The highest BCUT2D eigenvalue weighted by Gasteiger charge is 2.07. The minimum atomic E-state index is -0.502. The fraction of sp³-hybridized carbons (Fsp3) is 0.333. The second-order valence-electron chi connectivity index (χ2n) is 3.51. The lowest BCUT2D eigenvalue weighted by molar-refractivity contribution is -0.108. The van der Waals surface area contributed by atoms with Crippen LogP contribution in [-0.2, 0) is 16.1 Å². The van der Waals surface area contributed by atoms with Crippen LogP contribution in [0, 0.1) is 0 Å². The molecule has 86 valence electrons. The maximum Gasteiger partial charge on any atom is 0.407 e. The summed E-state index contributed by atoms with van der Waals surface area (Å²) in [4.78, 5) is 21.4. The Bertz CT molecular complexity index is 337. The average molecular weight is 221 g/mol. The van der Waals surface area contributed by atoms with Crippen molar-refractivity contribution in [3.63, 3.8) is 0 Å². The zero-order valence-electron chi connectivity index (χ0n) is 9.18. The maximum absolute atomic E-state index is 11.3. The SMILES string of the molecule is C[C@@H](CC=O)NC(=O)OCc1ccccc1. The van der Waals surface area contributed by atoms with Gasteiger partial charge in [-0.05, 0) is 12.5 Å². The van der Waals surface area contributed by atoms with Crippen LogP contribution >= 0.6 is 0 Å². The monoisotopic (exact) mass is 221 g/mol. The molecule has 0 heterocycles. The molecule has 1 atom stereocenters. The molecule has 0 aliphatic heterocycles. The third-order valence-corrected chi connectivity index (χ3v) is 2.03.